The van der Waals surface area contributed by atoms with E-state index in [1.165, 1.54) is 17.3 Å². The number of aromatic nitrogens is 2. The van der Waals surface area contributed by atoms with E-state index in [1.807, 2.05) is 4.90 Å². The number of guanidine groups is 1. The highest BCUT2D eigenvalue weighted by molar-refractivity contribution is 5.94. The normalized spacial score (nSPS) is 15.8. The number of ether oxygens (including phenoxy) is 1. The zero-order valence-corrected chi connectivity index (χ0v) is 20.6. The Morgan fingerprint density at radius 3 is 2.50 bits per heavy atom. The van der Waals surface area contributed by atoms with Gasteiger partial charge in [0.1, 0.15) is 5.82 Å². The molecule has 1 aromatic heterocycles. The summed E-state index contributed by atoms with van der Waals surface area (Å²) in [7, 11) is 3.26. The highest BCUT2D eigenvalue weighted by Crippen LogP contribution is 2.32. The second kappa shape index (κ2) is 11.3. The Hall–Kier alpha value is -3.76. The number of halogens is 1. The Balaban J connectivity index is 1.28. The quantitative estimate of drug-likeness (QED) is 0.399. The molecule has 1 aliphatic heterocycles. The minimum absolute atomic E-state index is 0.0423. The van der Waals surface area contributed by atoms with Crippen LogP contribution in [0.15, 0.2) is 30.6 Å². The van der Waals surface area contributed by atoms with Crippen molar-refractivity contribution in [3.63, 3.8) is 0 Å². The molecule has 4 rings (SSSR count). The lowest BCUT2D eigenvalue weighted by Crippen LogP contribution is -2.44. The van der Waals surface area contributed by atoms with Gasteiger partial charge in [0.15, 0.2) is 5.96 Å². The Bertz CT molecular complexity index is 1100. The Morgan fingerprint density at radius 1 is 1.17 bits per heavy atom. The van der Waals surface area contributed by atoms with Crippen molar-refractivity contribution >= 4 is 17.9 Å². The highest BCUT2D eigenvalue weighted by Gasteiger charge is 2.35. The van der Waals surface area contributed by atoms with Crippen LogP contribution in [0.25, 0.3) is 11.1 Å². The van der Waals surface area contributed by atoms with Gasteiger partial charge in [-0.05, 0) is 31.6 Å². The van der Waals surface area contributed by atoms with Gasteiger partial charge in [0.2, 0.25) is 5.91 Å². The van der Waals surface area contributed by atoms with E-state index >= 15 is 4.39 Å². The molecule has 1 aromatic carbocycles. The summed E-state index contributed by atoms with van der Waals surface area (Å²) in [6, 6.07) is 4.53. The van der Waals surface area contributed by atoms with E-state index in [4.69, 9.17) is 10.1 Å². The van der Waals surface area contributed by atoms with Crippen molar-refractivity contribution in [3.8, 4) is 17.1 Å². The van der Waals surface area contributed by atoms with Gasteiger partial charge in [-0.2, -0.15) is 0 Å². The van der Waals surface area contributed by atoms with Gasteiger partial charge < -0.3 is 19.9 Å². The largest absolute Gasteiger partial charge is 0.463 e. The van der Waals surface area contributed by atoms with E-state index in [-0.39, 0.29) is 24.4 Å². The summed E-state index contributed by atoms with van der Waals surface area (Å²) >= 11 is 0. The second-order valence-corrected chi connectivity index (χ2v) is 9.44. The third-order valence-corrected chi connectivity index (χ3v) is 6.44. The number of hydrogen-bond donors (Lipinski definition) is 3. The fourth-order valence-electron chi connectivity index (χ4n) is 4.01. The van der Waals surface area contributed by atoms with Crippen LogP contribution in [0, 0.1) is 23.1 Å². The SMILES string of the molecule is CN(C)C(=N)NC(=O)NCc1cccc(-c2cnc(OCC3CCN(C(=O)C4CC4)CC3)nc2)c1F. The summed E-state index contributed by atoms with van der Waals surface area (Å²) in [5.74, 6) is 0.348. The highest BCUT2D eigenvalue weighted by atomic mass is 19.1. The number of benzene rings is 1. The molecule has 36 heavy (non-hydrogen) atoms. The van der Waals surface area contributed by atoms with Crippen LogP contribution in [0.5, 0.6) is 6.01 Å². The van der Waals surface area contributed by atoms with Crippen molar-refractivity contribution < 1.29 is 18.7 Å². The van der Waals surface area contributed by atoms with E-state index in [1.54, 1.807) is 32.3 Å². The second-order valence-electron chi connectivity index (χ2n) is 9.44. The summed E-state index contributed by atoms with van der Waals surface area (Å²) in [4.78, 5) is 36.0. The predicted octanol–water partition coefficient (Wildman–Crippen LogP) is 2.61. The number of likely N-dealkylation sites (tertiary alicyclic amines) is 1. The molecule has 1 saturated heterocycles. The summed E-state index contributed by atoms with van der Waals surface area (Å²) in [5.41, 5.74) is 1.10. The fourth-order valence-corrected chi connectivity index (χ4v) is 4.01. The monoisotopic (exact) mass is 497 g/mol. The number of amides is 3. The summed E-state index contributed by atoms with van der Waals surface area (Å²) in [6.07, 6.45) is 6.88. The number of nitrogens with one attached hydrogen (secondary N) is 3. The summed E-state index contributed by atoms with van der Waals surface area (Å²) < 4.78 is 20.9. The number of piperidine rings is 1. The number of urea groups is 1. The van der Waals surface area contributed by atoms with Crippen LogP contribution in [0.2, 0.25) is 0 Å². The maximum atomic E-state index is 15.1. The molecule has 1 saturated carbocycles. The Labute approximate surface area is 209 Å². The average Bonchev–Trinajstić information content (AvgIpc) is 3.73. The molecule has 3 N–H and O–H groups in total. The molecule has 0 bridgehead atoms. The lowest BCUT2D eigenvalue weighted by molar-refractivity contribution is -0.134. The van der Waals surface area contributed by atoms with Gasteiger partial charge in [0.25, 0.3) is 0 Å². The molecule has 11 heteroatoms. The molecule has 0 radical (unpaired) electrons. The number of carbonyl (C=O) groups excluding carboxylic acids is 2. The predicted molar refractivity (Wildman–Crippen MR) is 132 cm³/mol. The molecule has 0 unspecified atom stereocenters. The van der Waals surface area contributed by atoms with Gasteiger partial charge >= 0.3 is 12.0 Å². The molecule has 3 amide bonds. The lowest BCUT2D eigenvalue weighted by Gasteiger charge is -2.31. The molecular weight excluding hydrogens is 465 g/mol. The van der Waals surface area contributed by atoms with E-state index in [0.29, 0.717) is 35.1 Å². The van der Waals surface area contributed by atoms with Crippen LogP contribution < -0.4 is 15.4 Å². The van der Waals surface area contributed by atoms with Gasteiger partial charge in [-0.3, -0.25) is 15.5 Å². The fraction of sp³-hybridized carbons (Fsp3) is 0.480. The van der Waals surface area contributed by atoms with Gasteiger partial charge in [0, 0.05) is 68.7 Å². The maximum Gasteiger partial charge on any atom is 0.321 e. The first kappa shape index (κ1) is 25.3. The van der Waals surface area contributed by atoms with Gasteiger partial charge in [-0.1, -0.05) is 18.2 Å². The molecule has 2 aromatic rings. The van der Waals surface area contributed by atoms with Gasteiger partial charge in [0.05, 0.1) is 6.61 Å². The zero-order chi connectivity index (χ0) is 25.7. The van der Waals surface area contributed by atoms with Crippen LogP contribution in [0.4, 0.5) is 9.18 Å². The van der Waals surface area contributed by atoms with Crippen molar-refractivity contribution in [1.82, 2.24) is 30.4 Å². The molecule has 0 atom stereocenters. The van der Waals surface area contributed by atoms with Gasteiger partial charge in [-0.25, -0.2) is 19.2 Å². The van der Waals surface area contributed by atoms with Crippen LogP contribution >= 0.6 is 0 Å². The maximum absolute atomic E-state index is 15.1. The zero-order valence-electron chi connectivity index (χ0n) is 20.6. The Kier molecular flexibility index (Phi) is 7.97. The first-order valence-electron chi connectivity index (χ1n) is 12.1. The molecule has 2 fully saturated rings. The van der Waals surface area contributed by atoms with E-state index in [9.17, 15) is 9.59 Å². The van der Waals surface area contributed by atoms with Crippen LogP contribution in [-0.2, 0) is 11.3 Å². The first-order valence-corrected chi connectivity index (χ1v) is 12.1. The van der Waals surface area contributed by atoms with Crippen molar-refractivity contribution in [2.45, 2.75) is 32.2 Å². The smallest absolute Gasteiger partial charge is 0.321 e. The molecule has 2 aliphatic rings. The van der Waals surface area contributed by atoms with Gasteiger partial charge in [-0.15, -0.1) is 0 Å². The van der Waals surface area contributed by atoms with Crippen molar-refractivity contribution in [2.24, 2.45) is 11.8 Å². The number of carbonyl (C=O) groups is 2. The third-order valence-electron chi connectivity index (χ3n) is 6.44. The average molecular weight is 498 g/mol. The Morgan fingerprint density at radius 2 is 1.86 bits per heavy atom. The van der Waals surface area contributed by atoms with E-state index in [2.05, 4.69) is 20.6 Å². The summed E-state index contributed by atoms with van der Waals surface area (Å²) in [6.45, 7) is 1.98. The molecule has 2 heterocycles. The van der Waals surface area contributed by atoms with Crippen LogP contribution in [0.1, 0.15) is 31.2 Å². The molecule has 192 valence electrons. The standard InChI is InChI=1S/C25H32FN7O3/c1-32(2)23(27)31-24(35)28-12-18-4-3-5-20(21(18)26)19-13-29-25(30-14-19)36-15-16-8-10-33(11-9-16)22(34)17-6-7-17/h3-5,13-14,16-17H,6-12,15H2,1-2H3,(H3,27,28,31,35). The number of hydrogen-bond acceptors (Lipinski definition) is 6. The third kappa shape index (κ3) is 6.46. The van der Waals surface area contributed by atoms with Crippen molar-refractivity contribution in [2.75, 3.05) is 33.8 Å². The lowest BCUT2D eigenvalue weighted by atomic mass is 9.97. The van der Waals surface area contributed by atoms with Crippen molar-refractivity contribution in [1.29, 1.82) is 5.41 Å². The van der Waals surface area contributed by atoms with Crippen LogP contribution in [0.3, 0.4) is 0 Å². The molecule has 1 aliphatic carbocycles. The summed E-state index contributed by atoms with van der Waals surface area (Å²) in [5, 5.41) is 12.5. The molecule has 10 nitrogen and oxygen atoms in total. The minimum atomic E-state index is -0.594. The van der Waals surface area contributed by atoms with E-state index < -0.39 is 11.8 Å². The molecular formula is C25H32FN7O3. The number of nitrogens with zero attached hydrogens (tertiary/aromatic N) is 4. The number of rotatable bonds is 7. The first-order chi connectivity index (χ1) is 17.3. The van der Waals surface area contributed by atoms with E-state index in [0.717, 1.165) is 38.8 Å². The molecule has 0 spiro atoms. The van der Waals surface area contributed by atoms with Crippen molar-refractivity contribution in [3.05, 3.63) is 42.0 Å². The topological polar surface area (TPSA) is 124 Å². The van der Waals surface area contributed by atoms with Crippen LogP contribution in [-0.4, -0.2) is 71.5 Å². The minimum Gasteiger partial charge on any atom is -0.463 e.